The standard InChI is InChI=1S/C9H8ClNOS/c1-6-7(10)5-9(13-6)8(12)3-2-4-11/h5H,2-3H2,1H3. The normalized spacial score (nSPS) is 9.62. The molecule has 1 rings (SSSR count). The van der Waals surface area contributed by atoms with Gasteiger partial charge in [0.2, 0.25) is 0 Å². The van der Waals surface area contributed by atoms with E-state index in [1.807, 2.05) is 13.0 Å². The van der Waals surface area contributed by atoms with Gasteiger partial charge in [-0.3, -0.25) is 4.79 Å². The molecule has 0 spiro atoms. The number of nitriles is 1. The number of hydrogen-bond acceptors (Lipinski definition) is 3. The van der Waals surface area contributed by atoms with E-state index in [-0.39, 0.29) is 18.6 Å². The van der Waals surface area contributed by atoms with Crippen molar-refractivity contribution in [2.75, 3.05) is 0 Å². The first-order valence-corrected chi connectivity index (χ1v) is 5.00. The summed E-state index contributed by atoms with van der Waals surface area (Å²) in [6.07, 6.45) is 0.556. The third kappa shape index (κ3) is 2.55. The van der Waals surface area contributed by atoms with E-state index in [0.29, 0.717) is 9.90 Å². The van der Waals surface area contributed by atoms with E-state index in [4.69, 9.17) is 16.9 Å². The highest BCUT2D eigenvalue weighted by Crippen LogP contribution is 2.26. The summed E-state index contributed by atoms with van der Waals surface area (Å²) in [4.78, 5) is 13.0. The predicted molar refractivity (Wildman–Crippen MR) is 53.2 cm³/mol. The van der Waals surface area contributed by atoms with Crippen molar-refractivity contribution in [3.8, 4) is 6.07 Å². The third-order valence-electron chi connectivity index (χ3n) is 1.60. The van der Waals surface area contributed by atoms with Crippen LogP contribution in [0.3, 0.4) is 0 Å². The minimum Gasteiger partial charge on any atom is -0.293 e. The van der Waals surface area contributed by atoms with Crippen molar-refractivity contribution < 1.29 is 4.79 Å². The summed E-state index contributed by atoms with van der Waals surface area (Å²) in [5.74, 6) is 0.00144. The van der Waals surface area contributed by atoms with Crippen molar-refractivity contribution in [2.45, 2.75) is 19.8 Å². The number of rotatable bonds is 3. The van der Waals surface area contributed by atoms with E-state index in [0.717, 1.165) is 4.88 Å². The Balaban J connectivity index is 2.73. The molecule has 1 heterocycles. The van der Waals surface area contributed by atoms with Crippen LogP contribution in [0.1, 0.15) is 27.4 Å². The molecule has 0 fully saturated rings. The SMILES string of the molecule is Cc1sc(C(=O)CCC#N)cc1Cl. The number of thiophene rings is 1. The average Bonchev–Trinajstić information content (AvgIpc) is 2.43. The highest BCUT2D eigenvalue weighted by Gasteiger charge is 2.10. The zero-order valence-electron chi connectivity index (χ0n) is 7.13. The van der Waals surface area contributed by atoms with Crippen LogP contribution in [0.2, 0.25) is 5.02 Å². The number of ketones is 1. The smallest absolute Gasteiger partial charge is 0.173 e. The number of halogens is 1. The fourth-order valence-electron chi connectivity index (χ4n) is 0.890. The van der Waals surface area contributed by atoms with Gasteiger partial charge in [-0.2, -0.15) is 5.26 Å². The highest BCUT2D eigenvalue weighted by atomic mass is 35.5. The molecule has 0 radical (unpaired) electrons. The first-order chi connectivity index (χ1) is 6.15. The predicted octanol–water partition coefficient (Wildman–Crippen LogP) is 3.20. The van der Waals surface area contributed by atoms with Crippen LogP contribution in [0.5, 0.6) is 0 Å². The van der Waals surface area contributed by atoms with E-state index in [1.165, 1.54) is 11.3 Å². The lowest BCUT2D eigenvalue weighted by molar-refractivity contribution is 0.0988. The lowest BCUT2D eigenvalue weighted by atomic mass is 10.2. The fraction of sp³-hybridized carbons (Fsp3) is 0.333. The van der Waals surface area contributed by atoms with Gasteiger partial charge in [0.15, 0.2) is 5.78 Å². The molecule has 13 heavy (non-hydrogen) atoms. The van der Waals surface area contributed by atoms with Crippen LogP contribution in [-0.4, -0.2) is 5.78 Å². The molecular formula is C9H8ClNOS. The maximum atomic E-state index is 11.4. The van der Waals surface area contributed by atoms with E-state index in [2.05, 4.69) is 0 Å². The van der Waals surface area contributed by atoms with Crippen LogP contribution in [0.25, 0.3) is 0 Å². The molecule has 0 bridgehead atoms. The number of hydrogen-bond donors (Lipinski definition) is 0. The molecule has 0 aliphatic heterocycles. The lowest BCUT2D eigenvalue weighted by Gasteiger charge is -1.90. The molecule has 0 aliphatic rings. The van der Waals surface area contributed by atoms with Crippen LogP contribution in [0.15, 0.2) is 6.07 Å². The second kappa shape index (κ2) is 4.40. The molecule has 0 aromatic carbocycles. The van der Waals surface area contributed by atoms with Crippen molar-refractivity contribution >= 4 is 28.7 Å². The molecular weight excluding hydrogens is 206 g/mol. The summed E-state index contributed by atoms with van der Waals surface area (Å²) in [5.41, 5.74) is 0. The Hall–Kier alpha value is -0.850. The zero-order valence-corrected chi connectivity index (χ0v) is 8.71. The summed E-state index contributed by atoms with van der Waals surface area (Å²) in [6.45, 7) is 1.87. The first-order valence-electron chi connectivity index (χ1n) is 3.81. The third-order valence-corrected chi connectivity index (χ3v) is 3.19. The molecule has 1 aromatic rings. The van der Waals surface area contributed by atoms with Crippen molar-refractivity contribution in [3.63, 3.8) is 0 Å². The van der Waals surface area contributed by atoms with Crippen molar-refractivity contribution in [1.29, 1.82) is 5.26 Å². The van der Waals surface area contributed by atoms with Gasteiger partial charge in [-0.05, 0) is 13.0 Å². The highest BCUT2D eigenvalue weighted by molar-refractivity contribution is 7.14. The van der Waals surface area contributed by atoms with E-state index < -0.39 is 0 Å². The number of carbonyl (C=O) groups is 1. The first kappa shape index (κ1) is 10.2. The molecule has 0 N–H and O–H groups in total. The van der Waals surface area contributed by atoms with Gasteiger partial charge in [0.25, 0.3) is 0 Å². The summed E-state index contributed by atoms with van der Waals surface area (Å²) >= 11 is 7.18. The van der Waals surface area contributed by atoms with Gasteiger partial charge in [-0.1, -0.05) is 11.6 Å². The number of nitrogens with zero attached hydrogens (tertiary/aromatic N) is 1. The second-order valence-corrected chi connectivity index (χ2v) is 4.26. The summed E-state index contributed by atoms with van der Waals surface area (Å²) in [6, 6.07) is 3.61. The lowest BCUT2D eigenvalue weighted by Crippen LogP contribution is -1.93. The quantitative estimate of drug-likeness (QED) is 0.724. The average molecular weight is 214 g/mol. The molecule has 68 valence electrons. The molecule has 0 saturated heterocycles. The monoisotopic (exact) mass is 213 g/mol. The van der Waals surface area contributed by atoms with Gasteiger partial charge in [-0.15, -0.1) is 11.3 Å². The van der Waals surface area contributed by atoms with Gasteiger partial charge in [0.1, 0.15) is 0 Å². The Bertz CT molecular complexity index is 345. The maximum absolute atomic E-state index is 11.4. The Morgan fingerprint density at radius 1 is 1.77 bits per heavy atom. The molecule has 4 heteroatoms. The van der Waals surface area contributed by atoms with Crippen LogP contribution >= 0.6 is 22.9 Å². The minimum absolute atomic E-state index is 0.00144. The molecule has 0 unspecified atom stereocenters. The summed E-state index contributed by atoms with van der Waals surface area (Å²) < 4.78 is 0. The topological polar surface area (TPSA) is 40.9 Å². The van der Waals surface area contributed by atoms with Gasteiger partial charge < -0.3 is 0 Å². The van der Waals surface area contributed by atoms with Gasteiger partial charge in [0.05, 0.1) is 16.0 Å². The number of aryl methyl sites for hydroxylation is 1. The minimum atomic E-state index is 0.00144. The van der Waals surface area contributed by atoms with Crippen molar-refractivity contribution in [2.24, 2.45) is 0 Å². The van der Waals surface area contributed by atoms with Crippen LogP contribution in [-0.2, 0) is 0 Å². The van der Waals surface area contributed by atoms with Crippen LogP contribution in [0, 0.1) is 18.3 Å². The molecule has 0 amide bonds. The van der Waals surface area contributed by atoms with Crippen molar-refractivity contribution in [1.82, 2.24) is 0 Å². The maximum Gasteiger partial charge on any atom is 0.173 e. The molecule has 0 aliphatic carbocycles. The largest absolute Gasteiger partial charge is 0.293 e. The molecule has 1 aromatic heterocycles. The second-order valence-electron chi connectivity index (χ2n) is 2.60. The van der Waals surface area contributed by atoms with Gasteiger partial charge >= 0.3 is 0 Å². The van der Waals surface area contributed by atoms with Crippen molar-refractivity contribution in [3.05, 3.63) is 20.8 Å². The molecule has 0 saturated carbocycles. The van der Waals surface area contributed by atoms with Crippen LogP contribution in [0.4, 0.5) is 0 Å². The zero-order chi connectivity index (χ0) is 9.84. The van der Waals surface area contributed by atoms with E-state index in [9.17, 15) is 4.79 Å². The Kier molecular flexibility index (Phi) is 3.47. The van der Waals surface area contributed by atoms with Gasteiger partial charge in [-0.25, -0.2) is 0 Å². The number of Topliss-reactive ketones (excluding diaryl/α,β-unsaturated/α-hetero) is 1. The summed E-state index contributed by atoms with van der Waals surface area (Å²) in [5, 5.41) is 8.93. The number of carbonyl (C=O) groups excluding carboxylic acids is 1. The fourth-order valence-corrected chi connectivity index (χ4v) is 2.06. The Morgan fingerprint density at radius 2 is 2.46 bits per heavy atom. The molecule has 2 nitrogen and oxygen atoms in total. The summed E-state index contributed by atoms with van der Waals surface area (Å²) in [7, 11) is 0. The van der Waals surface area contributed by atoms with Gasteiger partial charge in [0, 0.05) is 17.7 Å². The Morgan fingerprint density at radius 3 is 2.92 bits per heavy atom. The van der Waals surface area contributed by atoms with E-state index in [1.54, 1.807) is 6.07 Å². The molecule has 0 atom stereocenters. The van der Waals surface area contributed by atoms with E-state index >= 15 is 0 Å². The van der Waals surface area contributed by atoms with Crippen LogP contribution < -0.4 is 0 Å². The Labute approximate surface area is 85.8 Å².